The number of benzene rings is 2. The molecule has 0 unspecified atom stereocenters. The molecular formula is C18H21NO. The second kappa shape index (κ2) is 6.21. The van der Waals surface area contributed by atoms with Crippen molar-refractivity contribution in [2.75, 3.05) is 13.1 Å². The number of aliphatic hydroxyl groups excluding tert-OH is 1. The van der Waals surface area contributed by atoms with E-state index in [1.54, 1.807) is 0 Å². The van der Waals surface area contributed by atoms with Crippen LogP contribution in [0, 0.1) is 0 Å². The summed E-state index contributed by atoms with van der Waals surface area (Å²) in [6, 6.07) is 20.9. The van der Waals surface area contributed by atoms with Gasteiger partial charge in [0.1, 0.15) is 0 Å². The molecule has 1 aliphatic rings. The largest absolute Gasteiger partial charge is 0.392 e. The van der Waals surface area contributed by atoms with E-state index in [0.29, 0.717) is 0 Å². The fourth-order valence-corrected chi connectivity index (χ4v) is 3.02. The van der Waals surface area contributed by atoms with Crippen molar-refractivity contribution >= 4 is 0 Å². The van der Waals surface area contributed by atoms with E-state index in [1.165, 1.54) is 11.1 Å². The van der Waals surface area contributed by atoms with Crippen molar-refractivity contribution < 1.29 is 5.11 Å². The van der Waals surface area contributed by atoms with E-state index in [-0.39, 0.29) is 12.0 Å². The predicted molar refractivity (Wildman–Crippen MR) is 81.5 cm³/mol. The first-order valence-corrected chi connectivity index (χ1v) is 7.32. The zero-order chi connectivity index (χ0) is 13.8. The first-order valence-electron chi connectivity index (χ1n) is 7.32. The Morgan fingerprint density at radius 3 is 2.30 bits per heavy atom. The zero-order valence-electron chi connectivity index (χ0n) is 11.7. The van der Waals surface area contributed by atoms with E-state index in [0.717, 1.165) is 26.1 Å². The highest BCUT2D eigenvalue weighted by Gasteiger charge is 2.28. The van der Waals surface area contributed by atoms with Crippen LogP contribution in [0.2, 0.25) is 0 Å². The second-order valence-electron chi connectivity index (χ2n) is 5.59. The Morgan fingerprint density at radius 1 is 0.950 bits per heavy atom. The molecule has 1 N–H and O–H groups in total. The van der Waals surface area contributed by atoms with Gasteiger partial charge in [-0.3, -0.25) is 4.90 Å². The highest BCUT2D eigenvalue weighted by Crippen LogP contribution is 2.28. The van der Waals surface area contributed by atoms with Crippen LogP contribution in [-0.2, 0) is 6.54 Å². The standard InChI is InChI=1S/C18H21NO/c20-18-11-12-19(13-15-7-3-1-4-8-15)14-17(18)16-9-5-2-6-10-16/h1-10,17-18,20H,11-14H2/t17-,18-/m0/s1. The molecule has 0 radical (unpaired) electrons. The van der Waals surface area contributed by atoms with Gasteiger partial charge in [0.15, 0.2) is 0 Å². The van der Waals surface area contributed by atoms with E-state index in [1.807, 2.05) is 6.07 Å². The number of hydrogen-bond donors (Lipinski definition) is 1. The minimum absolute atomic E-state index is 0.218. The van der Waals surface area contributed by atoms with Crippen molar-refractivity contribution in [1.29, 1.82) is 0 Å². The molecule has 3 rings (SSSR count). The van der Waals surface area contributed by atoms with Crippen molar-refractivity contribution in [2.24, 2.45) is 0 Å². The van der Waals surface area contributed by atoms with Crippen LogP contribution in [0.3, 0.4) is 0 Å². The van der Waals surface area contributed by atoms with Gasteiger partial charge in [-0.15, -0.1) is 0 Å². The summed E-state index contributed by atoms with van der Waals surface area (Å²) in [5, 5.41) is 10.3. The second-order valence-corrected chi connectivity index (χ2v) is 5.59. The molecule has 0 aromatic heterocycles. The molecule has 0 spiro atoms. The Morgan fingerprint density at radius 2 is 1.60 bits per heavy atom. The maximum Gasteiger partial charge on any atom is 0.0633 e. The molecule has 104 valence electrons. The summed E-state index contributed by atoms with van der Waals surface area (Å²) in [4.78, 5) is 2.44. The average Bonchev–Trinajstić information content (AvgIpc) is 2.51. The molecule has 2 heteroatoms. The van der Waals surface area contributed by atoms with Gasteiger partial charge in [-0.05, 0) is 17.5 Å². The Kier molecular flexibility index (Phi) is 4.14. The molecule has 0 bridgehead atoms. The molecule has 0 aliphatic carbocycles. The molecule has 0 amide bonds. The average molecular weight is 267 g/mol. The van der Waals surface area contributed by atoms with Crippen molar-refractivity contribution in [2.45, 2.75) is 25.0 Å². The molecule has 2 atom stereocenters. The van der Waals surface area contributed by atoms with Gasteiger partial charge in [0.2, 0.25) is 0 Å². The predicted octanol–water partition coefficient (Wildman–Crippen LogP) is 3.04. The van der Waals surface area contributed by atoms with Crippen LogP contribution < -0.4 is 0 Å². The SMILES string of the molecule is O[C@H]1CCN(Cc2ccccc2)C[C@H]1c1ccccc1. The third-order valence-corrected chi connectivity index (χ3v) is 4.14. The number of piperidine rings is 1. The quantitative estimate of drug-likeness (QED) is 0.924. The molecule has 2 aromatic carbocycles. The topological polar surface area (TPSA) is 23.5 Å². The van der Waals surface area contributed by atoms with Crippen LogP contribution in [-0.4, -0.2) is 29.2 Å². The molecule has 2 nitrogen and oxygen atoms in total. The highest BCUT2D eigenvalue weighted by atomic mass is 16.3. The third-order valence-electron chi connectivity index (χ3n) is 4.14. The molecule has 1 heterocycles. The maximum atomic E-state index is 10.3. The smallest absolute Gasteiger partial charge is 0.0633 e. The van der Waals surface area contributed by atoms with Gasteiger partial charge in [0, 0.05) is 25.6 Å². The van der Waals surface area contributed by atoms with Crippen LogP contribution in [0.15, 0.2) is 60.7 Å². The van der Waals surface area contributed by atoms with Crippen LogP contribution in [0.5, 0.6) is 0 Å². The van der Waals surface area contributed by atoms with E-state index in [2.05, 4.69) is 59.5 Å². The summed E-state index contributed by atoms with van der Waals surface area (Å²) in [7, 11) is 0. The molecule has 1 fully saturated rings. The first kappa shape index (κ1) is 13.3. The fourth-order valence-electron chi connectivity index (χ4n) is 3.02. The molecule has 20 heavy (non-hydrogen) atoms. The van der Waals surface area contributed by atoms with Gasteiger partial charge in [0.05, 0.1) is 6.10 Å². The number of hydrogen-bond acceptors (Lipinski definition) is 2. The van der Waals surface area contributed by atoms with Gasteiger partial charge in [-0.25, -0.2) is 0 Å². The number of likely N-dealkylation sites (tertiary alicyclic amines) is 1. The highest BCUT2D eigenvalue weighted by molar-refractivity contribution is 5.22. The number of aliphatic hydroxyl groups is 1. The lowest BCUT2D eigenvalue weighted by molar-refractivity contribution is 0.0568. The summed E-state index contributed by atoms with van der Waals surface area (Å²) in [5.41, 5.74) is 2.59. The van der Waals surface area contributed by atoms with Crippen LogP contribution in [0.25, 0.3) is 0 Å². The molecule has 1 aliphatic heterocycles. The van der Waals surface area contributed by atoms with Crippen molar-refractivity contribution in [3.63, 3.8) is 0 Å². The van der Waals surface area contributed by atoms with Crippen molar-refractivity contribution in [1.82, 2.24) is 4.90 Å². The van der Waals surface area contributed by atoms with E-state index in [9.17, 15) is 5.11 Å². The van der Waals surface area contributed by atoms with Gasteiger partial charge in [-0.1, -0.05) is 60.7 Å². The number of rotatable bonds is 3. The Hall–Kier alpha value is -1.64. The van der Waals surface area contributed by atoms with Crippen molar-refractivity contribution in [3.8, 4) is 0 Å². The lowest BCUT2D eigenvalue weighted by Crippen LogP contribution is -2.41. The van der Waals surface area contributed by atoms with Gasteiger partial charge >= 0.3 is 0 Å². The lowest BCUT2D eigenvalue weighted by atomic mass is 9.88. The summed E-state index contributed by atoms with van der Waals surface area (Å²) >= 11 is 0. The van der Waals surface area contributed by atoms with E-state index < -0.39 is 0 Å². The normalized spacial score (nSPS) is 23.6. The lowest BCUT2D eigenvalue weighted by Gasteiger charge is -2.36. The molecule has 2 aromatic rings. The van der Waals surface area contributed by atoms with E-state index >= 15 is 0 Å². The fraction of sp³-hybridized carbons (Fsp3) is 0.333. The first-order chi connectivity index (χ1) is 9.83. The summed E-state index contributed by atoms with van der Waals surface area (Å²) in [6.07, 6.45) is 0.635. The summed E-state index contributed by atoms with van der Waals surface area (Å²) in [6.45, 7) is 2.87. The Balaban J connectivity index is 1.70. The Bertz CT molecular complexity index is 526. The Labute approximate surface area is 120 Å². The maximum absolute atomic E-state index is 10.3. The van der Waals surface area contributed by atoms with Crippen LogP contribution in [0.1, 0.15) is 23.5 Å². The van der Waals surface area contributed by atoms with Crippen molar-refractivity contribution in [3.05, 3.63) is 71.8 Å². The van der Waals surface area contributed by atoms with Crippen LogP contribution >= 0.6 is 0 Å². The van der Waals surface area contributed by atoms with E-state index in [4.69, 9.17) is 0 Å². The molecule has 1 saturated heterocycles. The van der Waals surface area contributed by atoms with Gasteiger partial charge < -0.3 is 5.11 Å². The van der Waals surface area contributed by atoms with Gasteiger partial charge in [0.25, 0.3) is 0 Å². The summed E-state index contributed by atoms with van der Waals surface area (Å²) < 4.78 is 0. The number of nitrogens with zero attached hydrogens (tertiary/aromatic N) is 1. The third kappa shape index (κ3) is 3.09. The molecule has 0 saturated carbocycles. The zero-order valence-corrected chi connectivity index (χ0v) is 11.7. The monoisotopic (exact) mass is 267 g/mol. The minimum atomic E-state index is -0.218. The minimum Gasteiger partial charge on any atom is -0.392 e. The van der Waals surface area contributed by atoms with Gasteiger partial charge in [-0.2, -0.15) is 0 Å². The van der Waals surface area contributed by atoms with Crippen LogP contribution in [0.4, 0.5) is 0 Å². The molecular weight excluding hydrogens is 246 g/mol. The summed E-state index contributed by atoms with van der Waals surface area (Å²) in [5.74, 6) is 0.230.